The second kappa shape index (κ2) is 9.39. The number of hydrogen-bond acceptors (Lipinski definition) is 8. The number of nitrogen functional groups attached to an aromatic ring is 1. The molecular formula is C27H32N2O4S2. The molecule has 0 amide bonds. The lowest BCUT2D eigenvalue weighted by molar-refractivity contribution is -0.164. The number of phenolic OH excluding ortho intramolecular Hbond substituents is 1. The van der Waals surface area contributed by atoms with E-state index in [0.29, 0.717) is 18.0 Å². The Bertz CT molecular complexity index is 1290. The number of fused-ring (bicyclic) bond motifs is 1. The number of hydrogen-bond donors (Lipinski definition) is 3. The van der Waals surface area contributed by atoms with E-state index in [1.165, 1.54) is 23.1 Å². The minimum Gasteiger partial charge on any atom is -0.511 e. The van der Waals surface area contributed by atoms with Gasteiger partial charge in [-0.3, -0.25) is 0 Å². The third-order valence-electron chi connectivity index (χ3n) is 6.56. The topological polar surface area (TPSA) is 106 Å². The largest absolute Gasteiger partial charge is 0.511 e. The number of anilines is 1. The van der Waals surface area contributed by atoms with Crippen molar-refractivity contribution in [3.05, 3.63) is 58.2 Å². The fourth-order valence-electron chi connectivity index (χ4n) is 4.37. The molecule has 3 aromatic rings. The van der Waals surface area contributed by atoms with Crippen molar-refractivity contribution in [1.82, 2.24) is 4.98 Å². The molecule has 1 aromatic heterocycles. The van der Waals surface area contributed by atoms with E-state index >= 15 is 0 Å². The molecule has 2 aromatic carbocycles. The van der Waals surface area contributed by atoms with Crippen molar-refractivity contribution < 1.29 is 19.7 Å². The number of aromatic nitrogens is 1. The first-order chi connectivity index (χ1) is 16.4. The maximum atomic E-state index is 13.3. The van der Waals surface area contributed by atoms with Crippen LogP contribution in [0.3, 0.4) is 0 Å². The van der Waals surface area contributed by atoms with Crippen molar-refractivity contribution in [3.8, 4) is 5.75 Å². The summed E-state index contributed by atoms with van der Waals surface area (Å²) in [6, 6.07) is 11.0. The quantitative estimate of drug-likeness (QED) is 0.315. The fraction of sp³-hybridized carbons (Fsp3) is 0.407. The van der Waals surface area contributed by atoms with Crippen LogP contribution in [0.15, 0.2) is 52.0 Å². The van der Waals surface area contributed by atoms with E-state index in [9.17, 15) is 15.0 Å². The first-order valence-electron chi connectivity index (χ1n) is 11.7. The molecule has 2 heterocycles. The number of rotatable bonds is 6. The molecule has 0 fully saturated rings. The molecular weight excluding hydrogens is 480 g/mol. The summed E-state index contributed by atoms with van der Waals surface area (Å²) in [6.07, 6.45) is 1.50. The molecule has 35 heavy (non-hydrogen) atoms. The lowest BCUT2D eigenvalue weighted by Crippen LogP contribution is -2.44. The summed E-state index contributed by atoms with van der Waals surface area (Å²) in [5, 5.41) is 21.2. The number of carbonyl (C=O) groups is 1. The zero-order chi connectivity index (χ0) is 25.5. The Labute approximate surface area is 214 Å². The standard InChI is InChI=1S/C27H32N2O4S2/c1-15(2)27(11-10-16-6-8-17(30)9-7-16)14-20(31)23(24(32)33-27)34-21-13-22-19(29-25(28)35-22)12-18(21)26(3,4)5/h6-9,12-13,15,30-31H,10-11,14H2,1-5H3,(H2,28,29)/t27-/m0/s1. The number of thioether (sulfide) groups is 1. The lowest BCUT2D eigenvalue weighted by atomic mass is 9.80. The van der Waals surface area contributed by atoms with Crippen molar-refractivity contribution >= 4 is 44.4 Å². The summed E-state index contributed by atoms with van der Waals surface area (Å²) in [6.45, 7) is 10.3. The fourth-order valence-corrected chi connectivity index (χ4v) is 6.39. The molecule has 0 spiro atoms. The van der Waals surface area contributed by atoms with Crippen LogP contribution >= 0.6 is 23.1 Å². The Morgan fingerprint density at radius 1 is 1.20 bits per heavy atom. The number of aromatic hydroxyl groups is 1. The third-order valence-corrected chi connectivity index (χ3v) is 8.57. The van der Waals surface area contributed by atoms with E-state index in [1.54, 1.807) is 12.1 Å². The average molecular weight is 513 g/mol. The molecule has 0 saturated heterocycles. The van der Waals surface area contributed by atoms with Crippen LogP contribution in [0.4, 0.5) is 5.13 Å². The van der Waals surface area contributed by atoms with Gasteiger partial charge >= 0.3 is 5.97 Å². The van der Waals surface area contributed by atoms with Gasteiger partial charge in [0.15, 0.2) is 5.13 Å². The highest BCUT2D eigenvalue weighted by Crippen LogP contribution is 2.46. The molecule has 1 atom stereocenters. The summed E-state index contributed by atoms with van der Waals surface area (Å²) in [7, 11) is 0. The number of esters is 1. The molecule has 0 aliphatic carbocycles. The lowest BCUT2D eigenvalue weighted by Gasteiger charge is -2.40. The van der Waals surface area contributed by atoms with Crippen molar-refractivity contribution in [2.24, 2.45) is 5.92 Å². The van der Waals surface area contributed by atoms with E-state index in [-0.39, 0.29) is 34.2 Å². The number of aliphatic hydroxyl groups excluding tert-OH is 1. The monoisotopic (exact) mass is 512 g/mol. The van der Waals surface area contributed by atoms with E-state index in [4.69, 9.17) is 10.5 Å². The van der Waals surface area contributed by atoms with Gasteiger partial charge in [0.1, 0.15) is 22.0 Å². The maximum Gasteiger partial charge on any atom is 0.349 e. The van der Waals surface area contributed by atoms with E-state index in [2.05, 4.69) is 25.8 Å². The van der Waals surface area contributed by atoms with Gasteiger partial charge in [0.2, 0.25) is 0 Å². The average Bonchev–Trinajstić information content (AvgIpc) is 3.13. The van der Waals surface area contributed by atoms with Gasteiger partial charge in [-0.1, -0.05) is 69.9 Å². The number of carbonyl (C=O) groups excluding carboxylic acids is 1. The molecule has 0 unspecified atom stereocenters. The van der Waals surface area contributed by atoms with Gasteiger partial charge in [0.25, 0.3) is 0 Å². The first kappa shape index (κ1) is 25.4. The Hall–Kier alpha value is -2.71. The predicted molar refractivity (Wildman–Crippen MR) is 143 cm³/mol. The molecule has 0 radical (unpaired) electrons. The number of benzene rings is 2. The smallest absolute Gasteiger partial charge is 0.349 e. The number of nitrogens with two attached hydrogens (primary N) is 1. The summed E-state index contributed by atoms with van der Waals surface area (Å²) < 4.78 is 7.03. The highest BCUT2D eigenvalue weighted by molar-refractivity contribution is 8.04. The van der Waals surface area contributed by atoms with Gasteiger partial charge in [-0.25, -0.2) is 9.78 Å². The van der Waals surface area contributed by atoms with Gasteiger partial charge in [-0.15, -0.1) is 0 Å². The Balaban J connectivity index is 1.65. The second-order valence-corrected chi connectivity index (χ2v) is 12.6. The number of aliphatic hydroxyl groups is 1. The van der Waals surface area contributed by atoms with Gasteiger partial charge < -0.3 is 20.7 Å². The Morgan fingerprint density at radius 3 is 2.49 bits per heavy atom. The number of cyclic esters (lactones) is 1. The van der Waals surface area contributed by atoms with Gasteiger partial charge in [0, 0.05) is 11.3 Å². The molecule has 4 N–H and O–H groups in total. The van der Waals surface area contributed by atoms with Crippen LogP contribution in [0.5, 0.6) is 5.75 Å². The number of aryl methyl sites for hydroxylation is 1. The zero-order valence-electron chi connectivity index (χ0n) is 20.7. The van der Waals surface area contributed by atoms with Crippen LogP contribution in [0.1, 0.15) is 58.6 Å². The molecule has 6 nitrogen and oxygen atoms in total. The summed E-state index contributed by atoms with van der Waals surface area (Å²) in [5.41, 5.74) is 7.83. The number of phenols is 1. The van der Waals surface area contributed by atoms with Crippen LogP contribution in [-0.4, -0.2) is 26.8 Å². The molecule has 0 bridgehead atoms. The van der Waals surface area contributed by atoms with Crippen molar-refractivity contribution in [2.45, 2.75) is 69.8 Å². The molecule has 4 rings (SSSR count). The van der Waals surface area contributed by atoms with Crippen molar-refractivity contribution in [1.29, 1.82) is 0 Å². The summed E-state index contributed by atoms with van der Waals surface area (Å²) in [5.74, 6) is -0.206. The second-order valence-electron chi connectivity index (χ2n) is 10.4. The van der Waals surface area contributed by atoms with E-state index in [0.717, 1.165) is 26.2 Å². The van der Waals surface area contributed by atoms with Gasteiger partial charge in [-0.2, -0.15) is 0 Å². The van der Waals surface area contributed by atoms with E-state index in [1.807, 2.05) is 38.1 Å². The molecule has 8 heteroatoms. The molecule has 186 valence electrons. The van der Waals surface area contributed by atoms with Crippen LogP contribution < -0.4 is 5.73 Å². The van der Waals surface area contributed by atoms with Crippen molar-refractivity contribution in [3.63, 3.8) is 0 Å². The molecule has 1 aliphatic heterocycles. The van der Waals surface area contributed by atoms with Gasteiger partial charge in [0.05, 0.1) is 10.2 Å². The highest BCUT2D eigenvalue weighted by Gasteiger charge is 2.44. The third kappa shape index (κ3) is 5.28. The van der Waals surface area contributed by atoms with E-state index < -0.39 is 11.6 Å². The van der Waals surface area contributed by atoms with Crippen LogP contribution in [0.2, 0.25) is 0 Å². The normalized spacial score (nSPS) is 19.0. The van der Waals surface area contributed by atoms with Gasteiger partial charge in [-0.05, 0) is 59.6 Å². The number of ether oxygens (including phenoxy) is 1. The minimum absolute atomic E-state index is 0.0129. The van der Waals surface area contributed by atoms with Crippen molar-refractivity contribution in [2.75, 3.05) is 5.73 Å². The first-order valence-corrected chi connectivity index (χ1v) is 13.3. The highest BCUT2D eigenvalue weighted by atomic mass is 32.2. The molecule has 1 aliphatic rings. The minimum atomic E-state index is -0.800. The van der Waals surface area contributed by atoms with Crippen LogP contribution in [0, 0.1) is 5.92 Å². The predicted octanol–water partition coefficient (Wildman–Crippen LogP) is 6.72. The van der Waals surface area contributed by atoms with Crippen LogP contribution in [0.25, 0.3) is 10.2 Å². The van der Waals surface area contributed by atoms with Crippen LogP contribution in [-0.2, 0) is 21.4 Å². The maximum absolute atomic E-state index is 13.3. The number of thiazole rings is 1. The number of nitrogens with zero attached hydrogens (tertiary/aromatic N) is 1. The Kier molecular flexibility index (Phi) is 6.81. The SMILES string of the molecule is CC(C)[C@]1(CCc2ccc(O)cc2)CC(O)=C(Sc2cc3sc(N)nc3cc2C(C)(C)C)C(=O)O1. The summed E-state index contributed by atoms with van der Waals surface area (Å²) >= 11 is 2.65. The molecule has 0 saturated carbocycles. The summed E-state index contributed by atoms with van der Waals surface area (Å²) in [4.78, 5) is 18.8. The Morgan fingerprint density at radius 2 is 1.89 bits per heavy atom. The zero-order valence-corrected chi connectivity index (χ0v) is 22.3.